The molecule has 2 heteroatoms. The van der Waals surface area contributed by atoms with E-state index in [0.29, 0.717) is 11.3 Å². The second kappa shape index (κ2) is 7.06. The van der Waals surface area contributed by atoms with Crippen LogP contribution in [-0.4, -0.2) is 32.1 Å². The van der Waals surface area contributed by atoms with Crippen molar-refractivity contribution in [1.29, 1.82) is 0 Å². The lowest BCUT2D eigenvalue weighted by molar-refractivity contribution is 0.232. The largest absolute Gasteiger partial charge is 0.312 e. The summed E-state index contributed by atoms with van der Waals surface area (Å²) in [5.74, 6) is 0.612. The van der Waals surface area contributed by atoms with Gasteiger partial charge in [-0.25, -0.2) is 0 Å². The zero-order chi connectivity index (χ0) is 14.5. The predicted molar refractivity (Wildman–Crippen MR) is 84.6 cm³/mol. The van der Waals surface area contributed by atoms with E-state index >= 15 is 0 Å². The summed E-state index contributed by atoms with van der Waals surface area (Å²) in [4.78, 5) is 2.25. The van der Waals surface area contributed by atoms with Gasteiger partial charge in [-0.1, -0.05) is 52.0 Å². The Hall–Kier alpha value is -0.860. The van der Waals surface area contributed by atoms with E-state index < -0.39 is 0 Å². The monoisotopic (exact) mass is 262 g/mol. The fourth-order valence-electron chi connectivity index (χ4n) is 2.48. The molecule has 0 aromatic heterocycles. The summed E-state index contributed by atoms with van der Waals surface area (Å²) in [6.07, 6.45) is 0. The van der Waals surface area contributed by atoms with E-state index in [2.05, 4.69) is 76.3 Å². The van der Waals surface area contributed by atoms with Crippen LogP contribution in [-0.2, 0) is 6.54 Å². The first-order valence-corrected chi connectivity index (χ1v) is 7.24. The van der Waals surface area contributed by atoms with Crippen molar-refractivity contribution in [3.63, 3.8) is 0 Å². The van der Waals surface area contributed by atoms with Gasteiger partial charge in [-0.3, -0.25) is 0 Å². The quantitative estimate of drug-likeness (QED) is 0.809. The minimum Gasteiger partial charge on any atom is -0.312 e. The highest BCUT2D eigenvalue weighted by Gasteiger charge is 2.17. The molecule has 2 nitrogen and oxygen atoms in total. The summed E-state index contributed by atoms with van der Waals surface area (Å²) < 4.78 is 0. The molecule has 0 bridgehead atoms. The number of nitrogens with one attached hydrogen (secondary N) is 1. The van der Waals surface area contributed by atoms with E-state index in [4.69, 9.17) is 0 Å². The molecule has 0 aliphatic carbocycles. The molecule has 0 saturated heterocycles. The average molecular weight is 262 g/mol. The van der Waals surface area contributed by atoms with E-state index in [0.717, 1.165) is 19.6 Å². The summed E-state index contributed by atoms with van der Waals surface area (Å²) in [7, 11) is 4.26. The standard InChI is InChI=1S/C17H30N2/c1-14(2)16-9-7-15(8-10-16)11-18-12-17(3,4)13-19(5)6/h7-10,14,18H,11-13H2,1-6H3. The Bertz CT molecular complexity index is 363. The topological polar surface area (TPSA) is 15.3 Å². The number of rotatable bonds is 7. The molecule has 1 aromatic carbocycles. The molecule has 108 valence electrons. The third kappa shape index (κ3) is 6.22. The van der Waals surface area contributed by atoms with Gasteiger partial charge in [0.15, 0.2) is 0 Å². The van der Waals surface area contributed by atoms with Gasteiger partial charge in [0.1, 0.15) is 0 Å². The molecule has 0 aliphatic heterocycles. The molecule has 1 rings (SSSR count). The predicted octanol–water partition coefficient (Wildman–Crippen LogP) is 3.49. The lowest BCUT2D eigenvalue weighted by Crippen LogP contribution is -2.37. The first-order valence-electron chi connectivity index (χ1n) is 7.24. The molecule has 1 N–H and O–H groups in total. The molecule has 19 heavy (non-hydrogen) atoms. The van der Waals surface area contributed by atoms with Crippen LogP contribution >= 0.6 is 0 Å². The maximum atomic E-state index is 3.57. The van der Waals surface area contributed by atoms with Crippen molar-refractivity contribution in [2.24, 2.45) is 5.41 Å². The molecule has 0 aliphatic rings. The van der Waals surface area contributed by atoms with Crippen molar-refractivity contribution in [1.82, 2.24) is 10.2 Å². The minimum absolute atomic E-state index is 0.307. The van der Waals surface area contributed by atoms with Gasteiger partial charge in [0, 0.05) is 19.6 Å². The normalized spacial score (nSPS) is 12.4. The Morgan fingerprint density at radius 3 is 2.16 bits per heavy atom. The summed E-state index contributed by atoms with van der Waals surface area (Å²) in [5.41, 5.74) is 3.09. The summed E-state index contributed by atoms with van der Waals surface area (Å²) in [6.45, 7) is 12.2. The summed E-state index contributed by atoms with van der Waals surface area (Å²) in [5, 5.41) is 3.57. The minimum atomic E-state index is 0.307. The fourth-order valence-corrected chi connectivity index (χ4v) is 2.48. The van der Waals surface area contributed by atoms with Gasteiger partial charge in [-0.2, -0.15) is 0 Å². The van der Waals surface area contributed by atoms with Gasteiger partial charge in [0.25, 0.3) is 0 Å². The van der Waals surface area contributed by atoms with E-state index in [1.54, 1.807) is 0 Å². The molecule has 1 aromatic rings. The molecule has 0 radical (unpaired) electrons. The van der Waals surface area contributed by atoms with Gasteiger partial charge < -0.3 is 10.2 Å². The van der Waals surface area contributed by atoms with Crippen LogP contribution in [0.3, 0.4) is 0 Å². The van der Waals surface area contributed by atoms with Gasteiger partial charge in [-0.15, -0.1) is 0 Å². The Morgan fingerprint density at radius 1 is 1.11 bits per heavy atom. The van der Waals surface area contributed by atoms with Crippen LogP contribution in [0.25, 0.3) is 0 Å². The molecule has 0 atom stereocenters. The number of benzene rings is 1. The van der Waals surface area contributed by atoms with Crippen molar-refractivity contribution >= 4 is 0 Å². The van der Waals surface area contributed by atoms with Crippen LogP contribution in [0.2, 0.25) is 0 Å². The summed E-state index contributed by atoms with van der Waals surface area (Å²) in [6, 6.07) is 8.96. The molecule has 0 heterocycles. The van der Waals surface area contributed by atoms with Crippen LogP contribution < -0.4 is 5.32 Å². The van der Waals surface area contributed by atoms with Gasteiger partial charge in [0.05, 0.1) is 0 Å². The lowest BCUT2D eigenvalue weighted by Gasteiger charge is -2.28. The third-order valence-electron chi connectivity index (χ3n) is 3.32. The van der Waals surface area contributed by atoms with E-state index in [1.807, 2.05) is 0 Å². The van der Waals surface area contributed by atoms with Crippen molar-refractivity contribution in [2.45, 2.75) is 40.2 Å². The first kappa shape index (κ1) is 16.2. The number of hydrogen-bond donors (Lipinski definition) is 1. The fraction of sp³-hybridized carbons (Fsp3) is 0.647. The van der Waals surface area contributed by atoms with Crippen molar-refractivity contribution in [3.05, 3.63) is 35.4 Å². The lowest BCUT2D eigenvalue weighted by atomic mass is 9.93. The molecular formula is C17H30N2. The van der Waals surface area contributed by atoms with Crippen molar-refractivity contribution in [2.75, 3.05) is 27.2 Å². The number of hydrogen-bond acceptors (Lipinski definition) is 2. The number of nitrogens with zero attached hydrogens (tertiary/aromatic N) is 1. The maximum absolute atomic E-state index is 3.57. The highest BCUT2D eigenvalue weighted by molar-refractivity contribution is 5.24. The highest BCUT2D eigenvalue weighted by Crippen LogP contribution is 2.16. The van der Waals surface area contributed by atoms with E-state index in [1.165, 1.54) is 11.1 Å². The molecule has 0 unspecified atom stereocenters. The molecule has 0 amide bonds. The molecule has 0 fully saturated rings. The van der Waals surface area contributed by atoms with Crippen molar-refractivity contribution in [3.8, 4) is 0 Å². The highest BCUT2D eigenvalue weighted by atomic mass is 15.1. The van der Waals surface area contributed by atoms with Gasteiger partial charge in [-0.05, 0) is 36.6 Å². The smallest absolute Gasteiger partial charge is 0.0205 e. The Kier molecular flexibility index (Phi) is 6.02. The molecule has 0 spiro atoms. The van der Waals surface area contributed by atoms with Crippen LogP contribution in [0.1, 0.15) is 44.7 Å². The first-order chi connectivity index (χ1) is 8.80. The third-order valence-corrected chi connectivity index (χ3v) is 3.32. The van der Waals surface area contributed by atoms with Crippen LogP contribution in [0.15, 0.2) is 24.3 Å². The molecule has 0 saturated carbocycles. The SMILES string of the molecule is CC(C)c1ccc(CNCC(C)(C)CN(C)C)cc1. The summed E-state index contributed by atoms with van der Waals surface area (Å²) >= 11 is 0. The van der Waals surface area contributed by atoms with Gasteiger partial charge in [0.2, 0.25) is 0 Å². The Labute approximate surface area is 119 Å². The van der Waals surface area contributed by atoms with Crippen LogP contribution in [0.5, 0.6) is 0 Å². The average Bonchev–Trinajstić information content (AvgIpc) is 2.27. The van der Waals surface area contributed by atoms with Crippen molar-refractivity contribution < 1.29 is 0 Å². The second-order valence-electron chi connectivity index (χ2n) is 6.90. The second-order valence-corrected chi connectivity index (χ2v) is 6.90. The maximum Gasteiger partial charge on any atom is 0.0205 e. The van der Waals surface area contributed by atoms with E-state index in [9.17, 15) is 0 Å². The molecular weight excluding hydrogens is 232 g/mol. The zero-order valence-electron chi connectivity index (χ0n) is 13.5. The Morgan fingerprint density at radius 2 is 1.68 bits per heavy atom. The van der Waals surface area contributed by atoms with Crippen LogP contribution in [0, 0.1) is 5.41 Å². The van der Waals surface area contributed by atoms with Crippen LogP contribution in [0.4, 0.5) is 0 Å². The van der Waals surface area contributed by atoms with E-state index in [-0.39, 0.29) is 0 Å². The zero-order valence-corrected chi connectivity index (χ0v) is 13.5. The van der Waals surface area contributed by atoms with Gasteiger partial charge >= 0.3 is 0 Å². The Balaban J connectivity index is 2.40.